The molecule has 0 atom stereocenters. The topological polar surface area (TPSA) is 30.5 Å². The SMILES string of the molecule is C=C(C)CCOc1cc(OC)ccc1CNC. The molecule has 3 nitrogen and oxygen atoms in total. The molecule has 0 aliphatic rings. The maximum absolute atomic E-state index is 5.76. The van der Waals surface area contributed by atoms with Gasteiger partial charge in [0.25, 0.3) is 0 Å². The van der Waals surface area contributed by atoms with Crippen molar-refractivity contribution >= 4 is 0 Å². The molecule has 1 rings (SSSR count). The van der Waals surface area contributed by atoms with Crippen molar-refractivity contribution < 1.29 is 9.47 Å². The minimum absolute atomic E-state index is 0.652. The second kappa shape index (κ2) is 6.97. The van der Waals surface area contributed by atoms with Gasteiger partial charge in [0.05, 0.1) is 13.7 Å². The van der Waals surface area contributed by atoms with Crippen LogP contribution in [0.3, 0.4) is 0 Å². The highest BCUT2D eigenvalue weighted by Crippen LogP contribution is 2.25. The second-order valence-electron chi connectivity index (χ2n) is 4.06. The Morgan fingerprint density at radius 2 is 2.18 bits per heavy atom. The van der Waals surface area contributed by atoms with Crippen molar-refractivity contribution in [2.45, 2.75) is 19.9 Å². The highest BCUT2D eigenvalue weighted by atomic mass is 16.5. The minimum atomic E-state index is 0.652. The Hall–Kier alpha value is -1.48. The predicted octanol–water partition coefficient (Wildman–Crippen LogP) is 2.76. The molecule has 94 valence electrons. The van der Waals surface area contributed by atoms with Crippen LogP contribution in [0.15, 0.2) is 30.4 Å². The highest BCUT2D eigenvalue weighted by molar-refractivity contribution is 5.40. The lowest BCUT2D eigenvalue weighted by molar-refractivity contribution is 0.315. The zero-order valence-corrected chi connectivity index (χ0v) is 10.9. The Bertz CT molecular complexity index is 374. The summed E-state index contributed by atoms with van der Waals surface area (Å²) in [7, 11) is 3.58. The van der Waals surface area contributed by atoms with E-state index in [1.807, 2.05) is 32.2 Å². The Morgan fingerprint density at radius 1 is 1.41 bits per heavy atom. The van der Waals surface area contributed by atoms with Crippen molar-refractivity contribution in [1.29, 1.82) is 0 Å². The molecule has 3 heteroatoms. The van der Waals surface area contributed by atoms with E-state index in [1.54, 1.807) is 7.11 Å². The molecule has 0 aromatic heterocycles. The van der Waals surface area contributed by atoms with Crippen molar-refractivity contribution in [3.63, 3.8) is 0 Å². The fourth-order valence-corrected chi connectivity index (χ4v) is 1.47. The Kier molecular flexibility index (Phi) is 5.57. The van der Waals surface area contributed by atoms with Crippen LogP contribution in [0, 0.1) is 0 Å². The molecule has 0 unspecified atom stereocenters. The van der Waals surface area contributed by atoms with Crippen LogP contribution in [0.1, 0.15) is 18.9 Å². The molecule has 0 amide bonds. The van der Waals surface area contributed by atoms with E-state index in [0.717, 1.165) is 35.6 Å². The molecule has 0 aliphatic carbocycles. The molecule has 0 fully saturated rings. The number of hydrogen-bond donors (Lipinski definition) is 1. The third kappa shape index (κ3) is 4.49. The van der Waals surface area contributed by atoms with Crippen LogP contribution >= 0.6 is 0 Å². The molecular weight excluding hydrogens is 214 g/mol. The number of ether oxygens (including phenoxy) is 2. The van der Waals surface area contributed by atoms with Crippen molar-refractivity contribution in [3.05, 3.63) is 35.9 Å². The molecule has 0 spiro atoms. The van der Waals surface area contributed by atoms with Gasteiger partial charge in [-0.1, -0.05) is 11.6 Å². The minimum Gasteiger partial charge on any atom is -0.497 e. The Balaban J connectivity index is 2.73. The summed E-state index contributed by atoms with van der Waals surface area (Å²) in [5, 5.41) is 3.12. The summed E-state index contributed by atoms with van der Waals surface area (Å²) in [4.78, 5) is 0. The van der Waals surface area contributed by atoms with E-state index in [4.69, 9.17) is 9.47 Å². The van der Waals surface area contributed by atoms with Crippen molar-refractivity contribution in [2.75, 3.05) is 20.8 Å². The van der Waals surface area contributed by atoms with Crippen LogP contribution in [0.4, 0.5) is 0 Å². The zero-order valence-electron chi connectivity index (χ0n) is 10.9. The lowest BCUT2D eigenvalue weighted by Gasteiger charge is -2.12. The molecule has 1 aromatic rings. The molecule has 0 saturated carbocycles. The van der Waals surface area contributed by atoms with Crippen LogP contribution < -0.4 is 14.8 Å². The van der Waals surface area contributed by atoms with E-state index in [-0.39, 0.29) is 0 Å². The van der Waals surface area contributed by atoms with Crippen molar-refractivity contribution in [3.8, 4) is 11.5 Å². The standard InChI is InChI=1S/C14H21NO2/c1-11(2)7-8-17-14-9-13(16-4)6-5-12(14)10-15-3/h5-6,9,15H,1,7-8,10H2,2-4H3. The number of nitrogens with one attached hydrogen (secondary N) is 1. The first-order chi connectivity index (χ1) is 8.17. The Morgan fingerprint density at radius 3 is 2.76 bits per heavy atom. The van der Waals surface area contributed by atoms with E-state index < -0.39 is 0 Å². The van der Waals surface area contributed by atoms with Gasteiger partial charge in [0, 0.05) is 24.6 Å². The van der Waals surface area contributed by atoms with Gasteiger partial charge >= 0.3 is 0 Å². The monoisotopic (exact) mass is 235 g/mol. The summed E-state index contributed by atoms with van der Waals surface area (Å²) < 4.78 is 11.0. The fraction of sp³-hybridized carbons (Fsp3) is 0.429. The molecule has 0 heterocycles. The smallest absolute Gasteiger partial charge is 0.127 e. The van der Waals surface area contributed by atoms with E-state index in [2.05, 4.69) is 11.9 Å². The first-order valence-electron chi connectivity index (χ1n) is 5.76. The molecule has 0 radical (unpaired) electrons. The van der Waals surface area contributed by atoms with E-state index in [1.165, 1.54) is 0 Å². The maximum Gasteiger partial charge on any atom is 0.127 e. The summed E-state index contributed by atoms with van der Waals surface area (Å²) in [6.45, 7) is 7.30. The number of benzene rings is 1. The second-order valence-corrected chi connectivity index (χ2v) is 4.06. The Labute approximate surface area is 103 Å². The van der Waals surface area contributed by atoms with E-state index in [0.29, 0.717) is 6.61 Å². The normalized spacial score (nSPS) is 10.1. The van der Waals surface area contributed by atoms with Gasteiger partial charge in [-0.3, -0.25) is 0 Å². The number of rotatable bonds is 7. The summed E-state index contributed by atoms with van der Waals surface area (Å²) in [6, 6.07) is 5.88. The largest absolute Gasteiger partial charge is 0.497 e. The summed E-state index contributed by atoms with van der Waals surface area (Å²) in [6.07, 6.45) is 0.871. The van der Waals surface area contributed by atoms with Gasteiger partial charge in [-0.2, -0.15) is 0 Å². The van der Waals surface area contributed by atoms with Gasteiger partial charge in [-0.05, 0) is 20.0 Å². The van der Waals surface area contributed by atoms with Gasteiger partial charge in [-0.25, -0.2) is 0 Å². The van der Waals surface area contributed by atoms with Gasteiger partial charge < -0.3 is 14.8 Å². The third-order valence-corrected chi connectivity index (χ3v) is 2.43. The highest BCUT2D eigenvalue weighted by Gasteiger charge is 2.05. The van der Waals surface area contributed by atoms with Gasteiger partial charge in [-0.15, -0.1) is 6.58 Å². The van der Waals surface area contributed by atoms with Gasteiger partial charge in [0.1, 0.15) is 11.5 Å². The summed E-state index contributed by atoms with van der Waals surface area (Å²) in [5.74, 6) is 1.69. The number of hydrogen-bond acceptors (Lipinski definition) is 3. The van der Waals surface area contributed by atoms with Crippen LogP contribution in [-0.2, 0) is 6.54 Å². The molecule has 0 aliphatic heterocycles. The lowest BCUT2D eigenvalue weighted by atomic mass is 10.2. The quantitative estimate of drug-likeness (QED) is 0.737. The zero-order chi connectivity index (χ0) is 12.7. The summed E-state index contributed by atoms with van der Waals surface area (Å²) in [5.41, 5.74) is 2.26. The van der Waals surface area contributed by atoms with Crippen LogP contribution in [-0.4, -0.2) is 20.8 Å². The lowest BCUT2D eigenvalue weighted by Crippen LogP contribution is -2.08. The van der Waals surface area contributed by atoms with Crippen LogP contribution in [0.25, 0.3) is 0 Å². The maximum atomic E-state index is 5.76. The molecule has 0 saturated heterocycles. The predicted molar refractivity (Wildman–Crippen MR) is 70.7 cm³/mol. The first-order valence-corrected chi connectivity index (χ1v) is 5.76. The van der Waals surface area contributed by atoms with Crippen LogP contribution in [0.2, 0.25) is 0 Å². The van der Waals surface area contributed by atoms with Crippen molar-refractivity contribution in [1.82, 2.24) is 5.32 Å². The van der Waals surface area contributed by atoms with Gasteiger partial charge in [0.15, 0.2) is 0 Å². The fourth-order valence-electron chi connectivity index (χ4n) is 1.47. The molecular formula is C14H21NO2. The summed E-state index contributed by atoms with van der Waals surface area (Å²) >= 11 is 0. The molecule has 1 aromatic carbocycles. The van der Waals surface area contributed by atoms with Crippen molar-refractivity contribution in [2.24, 2.45) is 0 Å². The first kappa shape index (κ1) is 13.6. The molecule has 0 bridgehead atoms. The number of methoxy groups -OCH3 is 1. The average molecular weight is 235 g/mol. The average Bonchev–Trinajstić information content (AvgIpc) is 2.31. The third-order valence-electron chi connectivity index (χ3n) is 2.43. The van der Waals surface area contributed by atoms with Crippen LogP contribution in [0.5, 0.6) is 11.5 Å². The van der Waals surface area contributed by atoms with E-state index in [9.17, 15) is 0 Å². The van der Waals surface area contributed by atoms with E-state index >= 15 is 0 Å². The molecule has 1 N–H and O–H groups in total. The van der Waals surface area contributed by atoms with Gasteiger partial charge in [0.2, 0.25) is 0 Å². The molecule has 17 heavy (non-hydrogen) atoms.